The minimum Gasteiger partial charge on any atom is -0.276 e. The molecule has 0 aromatic heterocycles. The number of benzene rings is 2. The molecular weight excluding hydrogens is 340 g/mol. The van der Waals surface area contributed by atoms with Crippen LogP contribution in [0, 0.1) is 11.3 Å². The van der Waals surface area contributed by atoms with Gasteiger partial charge in [0.15, 0.2) is 5.71 Å². The summed E-state index contributed by atoms with van der Waals surface area (Å²) >= 11 is 5.28. The van der Waals surface area contributed by atoms with Gasteiger partial charge in [0, 0.05) is 11.1 Å². The number of rotatable bonds is 5. The van der Waals surface area contributed by atoms with Crippen LogP contribution < -0.4 is 0 Å². The van der Waals surface area contributed by atoms with Crippen molar-refractivity contribution in [3.05, 3.63) is 65.7 Å². The second-order valence-electron chi connectivity index (χ2n) is 4.24. The molecule has 0 fully saturated rings. The molecule has 0 atom stereocenters. The zero-order valence-corrected chi connectivity index (χ0v) is 13.1. The van der Waals surface area contributed by atoms with E-state index in [0.29, 0.717) is 5.56 Å². The highest BCUT2D eigenvalue weighted by Crippen LogP contribution is 2.15. The van der Waals surface area contributed by atoms with Crippen molar-refractivity contribution in [2.75, 3.05) is 0 Å². The average Bonchev–Trinajstić information content (AvgIpc) is 2.56. The van der Waals surface area contributed by atoms with Crippen molar-refractivity contribution >= 4 is 32.7 Å². The molecule has 0 amide bonds. The summed E-state index contributed by atoms with van der Waals surface area (Å²) in [6.45, 7) is 0. The largest absolute Gasteiger partial charge is 0.358 e. The predicted molar refractivity (Wildman–Crippen MR) is 83.5 cm³/mol. The summed E-state index contributed by atoms with van der Waals surface area (Å²) in [6.07, 6.45) is 0. The number of nitrogens with zero attached hydrogens (tertiary/aromatic N) is 2. The molecule has 23 heavy (non-hydrogen) atoms. The normalized spacial score (nSPS) is 11.6. The first kappa shape index (κ1) is 16.7. The number of carbonyl (C=O) groups excluding carboxylic acids is 1. The van der Waals surface area contributed by atoms with Crippen LogP contribution in [0.25, 0.3) is 0 Å². The van der Waals surface area contributed by atoms with Crippen molar-refractivity contribution in [1.82, 2.24) is 0 Å². The lowest BCUT2D eigenvalue weighted by molar-refractivity contribution is 0.108. The predicted octanol–water partition coefficient (Wildman–Crippen LogP) is 2.70. The average molecular weight is 349 g/mol. The fourth-order valence-corrected chi connectivity index (χ4v) is 2.47. The Morgan fingerprint density at radius 1 is 1.04 bits per heavy atom. The number of nitriles is 1. The summed E-state index contributed by atoms with van der Waals surface area (Å²) < 4.78 is 28.6. The first-order valence-electron chi connectivity index (χ1n) is 6.21. The third-order valence-corrected chi connectivity index (χ3v) is 4.09. The topological polar surface area (TPSA) is 96.6 Å². The van der Waals surface area contributed by atoms with E-state index in [9.17, 15) is 13.2 Å². The Labute approximate surface area is 137 Å². The van der Waals surface area contributed by atoms with E-state index in [0.717, 1.165) is 12.1 Å². The number of halogens is 1. The smallest absolute Gasteiger partial charge is 0.276 e. The van der Waals surface area contributed by atoms with Gasteiger partial charge in [-0.25, -0.2) is 0 Å². The summed E-state index contributed by atoms with van der Waals surface area (Å²) in [5.41, 5.74) is 0.395. The molecule has 0 N–H and O–H groups in total. The van der Waals surface area contributed by atoms with Crippen molar-refractivity contribution in [2.24, 2.45) is 5.16 Å². The Morgan fingerprint density at radius 3 is 2.17 bits per heavy atom. The van der Waals surface area contributed by atoms with E-state index in [2.05, 4.69) is 9.44 Å². The first-order valence-corrected chi connectivity index (χ1v) is 8.00. The summed E-state index contributed by atoms with van der Waals surface area (Å²) in [7, 11) is -4.21. The number of carbonyl (C=O) groups is 1. The number of hydrogen-bond acceptors (Lipinski definition) is 6. The summed E-state index contributed by atoms with van der Waals surface area (Å²) in [6, 6.07) is 14.9. The van der Waals surface area contributed by atoms with Gasteiger partial charge in [-0.3, -0.25) is 9.08 Å². The third kappa shape index (κ3) is 4.16. The highest BCUT2D eigenvalue weighted by molar-refractivity contribution is 7.86. The van der Waals surface area contributed by atoms with E-state index in [1.54, 1.807) is 36.4 Å². The van der Waals surface area contributed by atoms with Crippen LogP contribution in [0.2, 0.25) is 0 Å². The minimum atomic E-state index is -4.21. The monoisotopic (exact) mass is 348 g/mol. The molecule has 0 aliphatic rings. The lowest BCUT2D eigenvalue weighted by Gasteiger charge is -2.03. The highest BCUT2D eigenvalue weighted by Gasteiger charge is 2.17. The molecule has 2 rings (SSSR count). The van der Waals surface area contributed by atoms with Gasteiger partial charge in [-0.05, 0) is 35.9 Å². The molecule has 6 nitrogen and oxygen atoms in total. The van der Waals surface area contributed by atoms with Gasteiger partial charge in [0.1, 0.15) is 11.0 Å². The molecule has 0 radical (unpaired) electrons. The Morgan fingerprint density at radius 2 is 1.65 bits per heavy atom. The van der Waals surface area contributed by atoms with Gasteiger partial charge < -0.3 is 0 Å². The maximum Gasteiger partial charge on any atom is 0.358 e. The molecule has 2 aromatic rings. The van der Waals surface area contributed by atoms with Crippen molar-refractivity contribution in [3.8, 4) is 6.07 Å². The molecule has 0 heterocycles. The first-order chi connectivity index (χ1) is 10.9. The fraction of sp³-hybridized carbons (Fsp3) is 0. The van der Waals surface area contributed by atoms with Gasteiger partial charge in [-0.2, -0.15) is 13.7 Å². The highest BCUT2D eigenvalue weighted by atomic mass is 35.5. The molecule has 0 aliphatic carbocycles. The summed E-state index contributed by atoms with van der Waals surface area (Å²) in [5.74, 6) is 0. The number of oxime groups is 1. The van der Waals surface area contributed by atoms with Gasteiger partial charge >= 0.3 is 10.1 Å². The van der Waals surface area contributed by atoms with E-state index in [1.165, 1.54) is 12.1 Å². The molecule has 2 aromatic carbocycles. The van der Waals surface area contributed by atoms with Crippen LogP contribution in [0.1, 0.15) is 15.9 Å². The van der Waals surface area contributed by atoms with Crippen molar-refractivity contribution in [1.29, 1.82) is 5.26 Å². The van der Waals surface area contributed by atoms with Gasteiger partial charge in [0.2, 0.25) is 0 Å². The van der Waals surface area contributed by atoms with E-state index in [4.69, 9.17) is 16.9 Å². The molecule has 116 valence electrons. The Hall–Kier alpha value is -2.69. The van der Waals surface area contributed by atoms with Crippen LogP contribution in [-0.4, -0.2) is 19.4 Å². The lowest BCUT2D eigenvalue weighted by Crippen LogP contribution is -2.06. The van der Waals surface area contributed by atoms with Crippen LogP contribution in [0.4, 0.5) is 0 Å². The quantitative estimate of drug-likeness (QED) is 0.470. The van der Waals surface area contributed by atoms with Crippen molar-refractivity contribution < 1.29 is 17.5 Å². The zero-order valence-electron chi connectivity index (χ0n) is 11.5. The van der Waals surface area contributed by atoms with Gasteiger partial charge in [0.25, 0.3) is 5.24 Å². The molecule has 0 saturated carbocycles. The van der Waals surface area contributed by atoms with Crippen LogP contribution in [-0.2, 0) is 14.4 Å². The minimum absolute atomic E-state index is 0.149. The van der Waals surface area contributed by atoms with Gasteiger partial charge in [-0.1, -0.05) is 35.5 Å². The maximum atomic E-state index is 12.0. The SMILES string of the molecule is N#CC(=NOS(=O)(=O)c1ccc(C(=O)Cl)cc1)c1ccccc1. The lowest BCUT2D eigenvalue weighted by atomic mass is 10.1. The van der Waals surface area contributed by atoms with Gasteiger partial charge in [-0.15, -0.1) is 0 Å². The molecule has 0 aliphatic heterocycles. The Bertz CT molecular complexity index is 885. The Kier molecular flexibility index (Phi) is 5.11. The molecule has 0 saturated heterocycles. The number of hydrogen-bond donors (Lipinski definition) is 0. The van der Waals surface area contributed by atoms with E-state index in [1.807, 2.05) is 0 Å². The second-order valence-corrected chi connectivity index (χ2v) is 6.12. The molecule has 8 heteroatoms. The second kappa shape index (κ2) is 7.05. The van der Waals surface area contributed by atoms with Crippen LogP contribution in [0.15, 0.2) is 64.6 Å². The van der Waals surface area contributed by atoms with Crippen molar-refractivity contribution in [2.45, 2.75) is 4.90 Å². The molecule has 0 bridgehead atoms. The molecule has 0 unspecified atom stereocenters. The van der Waals surface area contributed by atoms with Crippen LogP contribution in [0.5, 0.6) is 0 Å². The van der Waals surface area contributed by atoms with Crippen LogP contribution in [0.3, 0.4) is 0 Å². The van der Waals surface area contributed by atoms with E-state index in [-0.39, 0.29) is 16.2 Å². The maximum absolute atomic E-state index is 12.0. The molecule has 0 spiro atoms. The van der Waals surface area contributed by atoms with E-state index < -0.39 is 15.4 Å². The molecular formula is C15H9ClN2O4S. The third-order valence-electron chi connectivity index (χ3n) is 2.75. The summed E-state index contributed by atoms with van der Waals surface area (Å²) in [5, 5.41) is 11.7. The van der Waals surface area contributed by atoms with Crippen LogP contribution >= 0.6 is 11.6 Å². The van der Waals surface area contributed by atoms with Gasteiger partial charge in [0.05, 0.1) is 0 Å². The Balaban J connectivity index is 2.25. The fourth-order valence-electron chi connectivity index (χ4n) is 1.62. The van der Waals surface area contributed by atoms with E-state index >= 15 is 0 Å². The zero-order chi connectivity index (χ0) is 16.9. The summed E-state index contributed by atoms with van der Waals surface area (Å²) in [4.78, 5) is 10.7. The van der Waals surface area contributed by atoms with Crippen molar-refractivity contribution in [3.63, 3.8) is 0 Å². The standard InChI is InChI=1S/C15H9ClN2O4S/c16-15(19)12-6-8-13(9-7-12)23(20,21)22-18-14(10-17)11-4-2-1-3-5-11/h1-9H.